The molecular formula is C22H31N3O3S. The standard InChI is InChI=1S/C22H31N3O3S/c1-6-12-25(14-13-24(4)5)22(26)19-8-7-9-20(16-19)23-29(27,28)21-15-17(2)10-11-18(21)3/h7-11,15-16,23H,6,12-14H2,1-5H3. The summed E-state index contributed by atoms with van der Waals surface area (Å²) < 4.78 is 28.3. The number of rotatable bonds is 9. The van der Waals surface area contributed by atoms with Gasteiger partial charge in [0.2, 0.25) is 0 Å². The number of hydrogen-bond donors (Lipinski definition) is 1. The van der Waals surface area contributed by atoms with E-state index in [0.717, 1.165) is 18.5 Å². The Balaban J connectivity index is 2.26. The molecule has 158 valence electrons. The molecule has 0 aliphatic rings. The van der Waals surface area contributed by atoms with Gasteiger partial charge in [0.05, 0.1) is 4.90 Å². The smallest absolute Gasteiger partial charge is 0.262 e. The Morgan fingerprint density at radius 2 is 1.72 bits per heavy atom. The molecule has 29 heavy (non-hydrogen) atoms. The predicted molar refractivity (Wildman–Crippen MR) is 118 cm³/mol. The third kappa shape index (κ3) is 6.30. The molecule has 0 aromatic heterocycles. The van der Waals surface area contributed by atoms with E-state index in [0.29, 0.717) is 29.9 Å². The maximum absolute atomic E-state index is 13.0. The van der Waals surface area contributed by atoms with Crippen LogP contribution in [0.1, 0.15) is 34.8 Å². The summed E-state index contributed by atoms with van der Waals surface area (Å²) in [5, 5.41) is 0. The fraction of sp³-hybridized carbons (Fsp3) is 0.409. The van der Waals surface area contributed by atoms with E-state index in [1.54, 1.807) is 48.2 Å². The van der Waals surface area contributed by atoms with Gasteiger partial charge >= 0.3 is 0 Å². The third-order valence-corrected chi connectivity index (χ3v) is 6.12. The van der Waals surface area contributed by atoms with Gasteiger partial charge in [0.25, 0.3) is 15.9 Å². The second-order valence-corrected chi connectivity index (χ2v) is 9.20. The van der Waals surface area contributed by atoms with Gasteiger partial charge in [0.1, 0.15) is 0 Å². The number of carbonyl (C=O) groups is 1. The molecule has 0 atom stereocenters. The molecule has 0 heterocycles. The normalized spacial score (nSPS) is 11.5. The SMILES string of the molecule is CCCN(CCN(C)C)C(=O)c1cccc(NS(=O)(=O)c2cc(C)ccc2C)c1. The topological polar surface area (TPSA) is 69.7 Å². The van der Waals surface area contributed by atoms with Crippen LogP contribution in [-0.4, -0.2) is 57.9 Å². The first-order chi connectivity index (χ1) is 13.6. The van der Waals surface area contributed by atoms with Crippen molar-refractivity contribution in [3.63, 3.8) is 0 Å². The van der Waals surface area contributed by atoms with Crippen molar-refractivity contribution >= 4 is 21.6 Å². The van der Waals surface area contributed by atoms with Crippen molar-refractivity contribution in [3.8, 4) is 0 Å². The first kappa shape index (κ1) is 22.9. The van der Waals surface area contributed by atoms with Crippen LogP contribution >= 0.6 is 0 Å². The summed E-state index contributed by atoms with van der Waals surface area (Å²) in [6, 6.07) is 12.0. The zero-order chi connectivity index (χ0) is 21.6. The molecule has 0 spiro atoms. The van der Waals surface area contributed by atoms with Crippen LogP contribution in [0.5, 0.6) is 0 Å². The number of amides is 1. The average molecular weight is 418 g/mol. The molecule has 2 aromatic carbocycles. The van der Waals surface area contributed by atoms with Crippen molar-refractivity contribution in [2.75, 3.05) is 38.5 Å². The Bertz CT molecular complexity index is 956. The maximum atomic E-state index is 13.0. The average Bonchev–Trinajstić information content (AvgIpc) is 2.66. The number of sulfonamides is 1. The Morgan fingerprint density at radius 3 is 2.38 bits per heavy atom. The van der Waals surface area contributed by atoms with E-state index >= 15 is 0 Å². The van der Waals surface area contributed by atoms with Gasteiger partial charge in [-0.05, 0) is 69.8 Å². The second kappa shape index (κ2) is 9.89. The minimum absolute atomic E-state index is 0.0958. The Hall–Kier alpha value is -2.38. The first-order valence-corrected chi connectivity index (χ1v) is 11.3. The fourth-order valence-electron chi connectivity index (χ4n) is 3.01. The molecule has 0 saturated carbocycles. The lowest BCUT2D eigenvalue weighted by atomic mass is 10.1. The van der Waals surface area contributed by atoms with Crippen molar-refractivity contribution in [1.82, 2.24) is 9.80 Å². The molecule has 0 unspecified atom stereocenters. The highest BCUT2D eigenvalue weighted by Crippen LogP contribution is 2.21. The van der Waals surface area contributed by atoms with Gasteiger partial charge in [0, 0.05) is 30.9 Å². The zero-order valence-corrected chi connectivity index (χ0v) is 18.7. The highest BCUT2D eigenvalue weighted by atomic mass is 32.2. The van der Waals surface area contributed by atoms with E-state index in [1.165, 1.54) is 0 Å². The molecule has 2 aromatic rings. The number of benzene rings is 2. The minimum Gasteiger partial charge on any atom is -0.337 e. The Labute approximate surface area is 174 Å². The van der Waals surface area contributed by atoms with Gasteiger partial charge in [-0.1, -0.05) is 25.1 Å². The van der Waals surface area contributed by atoms with Crippen LogP contribution < -0.4 is 4.72 Å². The van der Waals surface area contributed by atoms with E-state index in [-0.39, 0.29) is 10.8 Å². The lowest BCUT2D eigenvalue weighted by Gasteiger charge is -2.24. The van der Waals surface area contributed by atoms with Crippen LogP contribution in [0.4, 0.5) is 5.69 Å². The molecule has 0 aliphatic carbocycles. The quantitative estimate of drug-likeness (QED) is 0.678. The van der Waals surface area contributed by atoms with Gasteiger partial charge in [-0.3, -0.25) is 9.52 Å². The van der Waals surface area contributed by atoms with Gasteiger partial charge in [0.15, 0.2) is 0 Å². The summed E-state index contributed by atoms with van der Waals surface area (Å²) in [7, 11) is 0.197. The Morgan fingerprint density at radius 1 is 1.00 bits per heavy atom. The summed E-state index contributed by atoms with van der Waals surface area (Å²) in [5.74, 6) is -0.0958. The number of hydrogen-bond acceptors (Lipinski definition) is 4. The molecule has 1 amide bonds. The number of carbonyl (C=O) groups excluding carboxylic acids is 1. The lowest BCUT2D eigenvalue weighted by Crippen LogP contribution is -2.37. The number of aryl methyl sites for hydroxylation is 2. The van der Waals surface area contributed by atoms with Crippen LogP contribution in [0.2, 0.25) is 0 Å². The minimum atomic E-state index is -3.74. The van der Waals surface area contributed by atoms with Gasteiger partial charge in [-0.25, -0.2) is 8.42 Å². The fourth-order valence-corrected chi connectivity index (χ4v) is 4.39. The largest absolute Gasteiger partial charge is 0.337 e. The molecule has 2 rings (SSSR count). The molecule has 0 radical (unpaired) electrons. The summed E-state index contributed by atoms with van der Waals surface area (Å²) in [4.78, 5) is 17.0. The summed E-state index contributed by atoms with van der Waals surface area (Å²) in [5.41, 5.74) is 2.39. The predicted octanol–water partition coefficient (Wildman–Crippen LogP) is 3.52. The lowest BCUT2D eigenvalue weighted by molar-refractivity contribution is 0.0745. The molecule has 6 nitrogen and oxygen atoms in total. The van der Waals surface area contributed by atoms with E-state index in [1.807, 2.05) is 38.9 Å². The molecule has 0 saturated heterocycles. The van der Waals surface area contributed by atoms with E-state index in [2.05, 4.69) is 4.72 Å². The number of nitrogens with zero attached hydrogens (tertiary/aromatic N) is 2. The van der Waals surface area contributed by atoms with Crippen molar-refractivity contribution < 1.29 is 13.2 Å². The van der Waals surface area contributed by atoms with E-state index < -0.39 is 10.0 Å². The van der Waals surface area contributed by atoms with Gasteiger partial charge in [-0.2, -0.15) is 0 Å². The van der Waals surface area contributed by atoms with Crippen LogP contribution in [0.15, 0.2) is 47.4 Å². The zero-order valence-electron chi connectivity index (χ0n) is 17.9. The molecular weight excluding hydrogens is 386 g/mol. The van der Waals surface area contributed by atoms with Crippen molar-refractivity contribution in [3.05, 3.63) is 59.2 Å². The maximum Gasteiger partial charge on any atom is 0.262 e. The summed E-state index contributed by atoms with van der Waals surface area (Å²) >= 11 is 0. The van der Waals surface area contributed by atoms with Crippen LogP contribution in [0.3, 0.4) is 0 Å². The van der Waals surface area contributed by atoms with Crippen molar-refractivity contribution in [1.29, 1.82) is 0 Å². The monoisotopic (exact) mass is 417 g/mol. The molecule has 0 bridgehead atoms. The van der Waals surface area contributed by atoms with Crippen LogP contribution in [0, 0.1) is 13.8 Å². The molecule has 1 N–H and O–H groups in total. The number of likely N-dealkylation sites (N-methyl/N-ethyl adjacent to an activating group) is 1. The second-order valence-electron chi connectivity index (χ2n) is 7.55. The van der Waals surface area contributed by atoms with Gasteiger partial charge < -0.3 is 9.80 Å². The van der Waals surface area contributed by atoms with Crippen LogP contribution in [0.25, 0.3) is 0 Å². The van der Waals surface area contributed by atoms with Crippen molar-refractivity contribution in [2.45, 2.75) is 32.1 Å². The van der Waals surface area contributed by atoms with E-state index in [4.69, 9.17) is 0 Å². The third-order valence-electron chi connectivity index (χ3n) is 4.59. The van der Waals surface area contributed by atoms with E-state index in [9.17, 15) is 13.2 Å². The first-order valence-electron chi connectivity index (χ1n) is 9.78. The van der Waals surface area contributed by atoms with Gasteiger partial charge in [-0.15, -0.1) is 0 Å². The molecule has 0 aliphatic heterocycles. The van der Waals surface area contributed by atoms with Crippen molar-refractivity contribution in [2.24, 2.45) is 0 Å². The molecule has 0 fully saturated rings. The highest BCUT2D eigenvalue weighted by Gasteiger charge is 2.19. The Kier molecular flexibility index (Phi) is 7.81. The molecule has 7 heteroatoms. The summed E-state index contributed by atoms with van der Waals surface area (Å²) in [6.45, 7) is 7.70. The van der Waals surface area contributed by atoms with Crippen LogP contribution in [-0.2, 0) is 10.0 Å². The highest BCUT2D eigenvalue weighted by molar-refractivity contribution is 7.92. The number of nitrogens with one attached hydrogen (secondary N) is 1. The summed E-state index contributed by atoms with van der Waals surface area (Å²) in [6.07, 6.45) is 0.859. The number of anilines is 1.